The van der Waals surface area contributed by atoms with Crippen molar-refractivity contribution in [1.82, 2.24) is 4.90 Å². The summed E-state index contributed by atoms with van der Waals surface area (Å²) in [5.74, 6) is 0.209. The molecule has 1 atom stereocenters. The van der Waals surface area contributed by atoms with Crippen LogP contribution in [-0.2, 0) is 14.3 Å². The molecule has 1 aliphatic rings. The van der Waals surface area contributed by atoms with E-state index in [1.807, 2.05) is 13.8 Å². The van der Waals surface area contributed by atoms with E-state index < -0.39 is 0 Å². The van der Waals surface area contributed by atoms with Crippen LogP contribution in [0.3, 0.4) is 0 Å². The molecule has 1 fully saturated rings. The highest BCUT2D eigenvalue weighted by Crippen LogP contribution is 2.17. The van der Waals surface area contributed by atoms with Crippen molar-refractivity contribution < 1.29 is 14.3 Å². The van der Waals surface area contributed by atoms with Crippen LogP contribution in [-0.4, -0.2) is 55.7 Å². The summed E-state index contributed by atoms with van der Waals surface area (Å²) in [4.78, 5) is 14.4. The Morgan fingerprint density at radius 3 is 2.83 bits per heavy atom. The van der Waals surface area contributed by atoms with E-state index in [0.717, 1.165) is 32.5 Å². The van der Waals surface area contributed by atoms with Crippen molar-refractivity contribution in [3.05, 3.63) is 0 Å². The lowest BCUT2D eigenvalue weighted by Crippen LogP contribution is -2.46. The first kappa shape index (κ1) is 15.6. The summed E-state index contributed by atoms with van der Waals surface area (Å²) in [6.07, 6.45) is 2.16. The number of carbonyl (C=O) groups is 1. The van der Waals surface area contributed by atoms with Crippen LogP contribution in [0, 0.1) is 0 Å². The average molecular weight is 257 g/mol. The summed E-state index contributed by atoms with van der Waals surface area (Å²) in [5.41, 5.74) is -0.229. The number of Topliss-reactive ketones (excluding diaryl/α,β-unsaturated/α-hetero) is 1. The van der Waals surface area contributed by atoms with Crippen LogP contribution < -0.4 is 0 Å². The molecule has 0 saturated carbocycles. The highest BCUT2D eigenvalue weighted by Gasteiger charge is 2.27. The maximum Gasteiger partial charge on any atom is 0.162 e. The Morgan fingerprint density at radius 2 is 2.22 bits per heavy atom. The number of methoxy groups -OCH3 is 1. The van der Waals surface area contributed by atoms with E-state index in [9.17, 15) is 4.79 Å². The molecule has 0 spiro atoms. The topological polar surface area (TPSA) is 38.8 Å². The van der Waals surface area contributed by atoms with Crippen molar-refractivity contribution in [3.8, 4) is 0 Å². The van der Waals surface area contributed by atoms with E-state index in [-0.39, 0.29) is 17.5 Å². The van der Waals surface area contributed by atoms with E-state index in [4.69, 9.17) is 9.47 Å². The number of ketones is 1. The monoisotopic (exact) mass is 257 g/mol. The van der Waals surface area contributed by atoms with Gasteiger partial charge in [0.25, 0.3) is 0 Å². The van der Waals surface area contributed by atoms with Crippen LogP contribution in [0.4, 0.5) is 0 Å². The normalized spacial score (nSPS) is 22.1. The van der Waals surface area contributed by atoms with Crippen molar-refractivity contribution in [2.75, 3.05) is 33.4 Å². The molecular formula is C14H27NO3. The number of rotatable bonds is 7. The van der Waals surface area contributed by atoms with E-state index in [1.54, 1.807) is 7.11 Å². The Morgan fingerprint density at radius 1 is 1.50 bits per heavy atom. The van der Waals surface area contributed by atoms with Crippen molar-refractivity contribution in [2.24, 2.45) is 0 Å². The summed E-state index contributed by atoms with van der Waals surface area (Å²) < 4.78 is 10.9. The molecule has 0 N–H and O–H groups in total. The van der Waals surface area contributed by atoms with Gasteiger partial charge in [-0.1, -0.05) is 6.92 Å². The molecule has 0 bridgehead atoms. The van der Waals surface area contributed by atoms with Crippen molar-refractivity contribution in [3.63, 3.8) is 0 Å². The molecule has 1 saturated heterocycles. The lowest BCUT2D eigenvalue weighted by molar-refractivity contribution is -0.137. The number of hydrogen-bond acceptors (Lipinski definition) is 4. The minimum absolute atomic E-state index is 0.209. The minimum atomic E-state index is -0.238. The molecule has 0 aromatic rings. The van der Waals surface area contributed by atoms with Gasteiger partial charge in [-0.3, -0.25) is 9.69 Å². The predicted octanol–water partition coefficient (Wildman–Crippen LogP) is 1.87. The zero-order chi connectivity index (χ0) is 13.6. The molecule has 18 heavy (non-hydrogen) atoms. The van der Waals surface area contributed by atoms with Crippen molar-refractivity contribution in [2.45, 2.75) is 51.7 Å². The highest BCUT2D eigenvalue weighted by atomic mass is 16.5. The first-order valence-corrected chi connectivity index (χ1v) is 6.90. The molecule has 0 aliphatic carbocycles. The zero-order valence-corrected chi connectivity index (χ0v) is 12.2. The maximum atomic E-state index is 12.1. The summed E-state index contributed by atoms with van der Waals surface area (Å²) in [6, 6.07) is 0. The summed E-state index contributed by atoms with van der Waals surface area (Å²) in [5, 5.41) is 0. The quantitative estimate of drug-likeness (QED) is 0.698. The largest absolute Gasteiger partial charge is 0.379 e. The first-order valence-electron chi connectivity index (χ1n) is 6.90. The van der Waals surface area contributed by atoms with Crippen LogP contribution in [0.15, 0.2) is 0 Å². The molecule has 1 heterocycles. The fraction of sp³-hybridized carbons (Fsp3) is 0.929. The van der Waals surface area contributed by atoms with E-state index in [2.05, 4.69) is 11.8 Å². The van der Waals surface area contributed by atoms with Gasteiger partial charge in [0.2, 0.25) is 0 Å². The summed E-state index contributed by atoms with van der Waals surface area (Å²) >= 11 is 0. The van der Waals surface area contributed by atoms with Gasteiger partial charge in [0.1, 0.15) is 6.10 Å². The van der Waals surface area contributed by atoms with Crippen LogP contribution in [0.5, 0.6) is 0 Å². The number of hydrogen-bond donors (Lipinski definition) is 0. The second-order valence-corrected chi connectivity index (χ2v) is 5.59. The average Bonchev–Trinajstić information content (AvgIpc) is 2.37. The standard InChI is InChI=1S/C14H27NO3/c1-5-8-15-9-10-18-13(11-15)12(16)6-7-14(2,3)17-4/h13H,5-11H2,1-4H3. The molecule has 0 aromatic heterocycles. The molecule has 0 amide bonds. The van der Waals surface area contributed by atoms with Crippen LogP contribution in [0.2, 0.25) is 0 Å². The van der Waals surface area contributed by atoms with Gasteiger partial charge >= 0.3 is 0 Å². The fourth-order valence-corrected chi connectivity index (χ4v) is 2.10. The van der Waals surface area contributed by atoms with E-state index in [0.29, 0.717) is 13.0 Å². The molecular weight excluding hydrogens is 230 g/mol. The third-order valence-electron chi connectivity index (χ3n) is 3.58. The van der Waals surface area contributed by atoms with E-state index >= 15 is 0 Å². The predicted molar refractivity (Wildman–Crippen MR) is 71.8 cm³/mol. The van der Waals surface area contributed by atoms with Crippen LogP contribution in [0.25, 0.3) is 0 Å². The molecule has 1 rings (SSSR count). The smallest absolute Gasteiger partial charge is 0.162 e. The van der Waals surface area contributed by atoms with Gasteiger partial charge in [0, 0.05) is 26.6 Å². The summed E-state index contributed by atoms with van der Waals surface area (Å²) in [7, 11) is 1.69. The molecule has 1 aliphatic heterocycles. The van der Waals surface area contributed by atoms with Crippen LogP contribution in [0.1, 0.15) is 40.0 Å². The lowest BCUT2D eigenvalue weighted by Gasteiger charge is -2.32. The Hall–Kier alpha value is -0.450. The Kier molecular flexibility index (Phi) is 6.26. The van der Waals surface area contributed by atoms with Gasteiger partial charge in [-0.2, -0.15) is 0 Å². The number of morpholine rings is 1. The fourth-order valence-electron chi connectivity index (χ4n) is 2.10. The molecule has 0 aromatic carbocycles. The number of nitrogens with zero attached hydrogens (tertiary/aromatic N) is 1. The van der Waals surface area contributed by atoms with E-state index in [1.165, 1.54) is 0 Å². The molecule has 0 radical (unpaired) electrons. The Bertz CT molecular complexity index is 264. The van der Waals surface area contributed by atoms with Gasteiger partial charge in [0.05, 0.1) is 12.2 Å². The van der Waals surface area contributed by atoms with Crippen molar-refractivity contribution >= 4 is 5.78 Å². The first-order chi connectivity index (χ1) is 8.48. The van der Waals surface area contributed by atoms with Crippen LogP contribution >= 0.6 is 0 Å². The number of ether oxygens (including phenoxy) is 2. The third kappa shape index (κ3) is 5.04. The lowest BCUT2D eigenvalue weighted by atomic mass is 9.98. The number of carbonyl (C=O) groups excluding carboxylic acids is 1. The minimum Gasteiger partial charge on any atom is -0.379 e. The van der Waals surface area contributed by atoms with Gasteiger partial charge in [-0.15, -0.1) is 0 Å². The van der Waals surface area contributed by atoms with Gasteiger partial charge in [-0.25, -0.2) is 0 Å². The van der Waals surface area contributed by atoms with Gasteiger partial charge in [0.15, 0.2) is 5.78 Å². The molecule has 1 unspecified atom stereocenters. The molecule has 106 valence electrons. The molecule has 4 heteroatoms. The maximum absolute atomic E-state index is 12.1. The summed E-state index contributed by atoms with van der Waals surface area (Å²) in [6.45, 7) is 9.59. The zero-order valence-electron chi connectivity index (χ0n) is 12.2. The second-order valence-electron chi connectivity index (χ2n) is 5.59. The second kappa shape index (κ2) is 7.22. The van der Waals surface area contributed by atoms with Gasteiger partial charge in [-0.05, 0) is 33.2 Å². The van der Waals surface area contributed by atoms with Crippen molar-refractivity contribution in [1.29, 1.82) is 0 Å². The van der Waals surface area contributed by atoms with Gasteiger partial charge < -0.3 is 9.47 Å². The highest BCUT2D eigenvalue weighted by molar-refractivity contribution is 5.83. The Balaban J connectivity index is 2.37. The Labute approximate surface area is 111 Å². The third-order valence-corrected chi connectivity index (χ3v) is 3.58. The SMILES string of the molecule is CCCN1CCOC(C(=O)CCC(C)(C)OC)C1. The molecule has 4 nitrogen and oxygen atoms in total.